The molecule has 0 aromatic rings. The molecule has 3 spiro atoms. The summed E-state index contributed by atoms with van der Waals surface area (Å²) in [6, 6.07) is 0.0378. The summed E-state index contributed by atoms with van der Waals surface area (Å²) < 4.78 is 38.3. The predicted molar refractivity (Wildman–Crippen MR) is 121 cm³/mol. The lowest BCUT2D eigenvalue weighted by molar-refractivity contribution is -0.287. The molecule has 7 fully saturated rings. The number of methoxy groups -OCH3 is 4. The molecular formula is C26H41NO7. The van der Waals surface area contributed by atoms with Gasteiger partial charge < -0.3 is 33.5 Å². The van der Waals surface area contributed by atoms with Crippen LogP contribution in [0.3, 0.4) is 0 Å². The van der Waals surface area contributed by atoms with Gasteiger partial charge in [0.05, 0.1) is 37.1 Å². The molecule has 5 saturated carbocycles. The van der Waals surface area contributed by atoms with Crippen LogP contribution in [0, 0.1) is 34.5 Å². The molecule has 7 bridgehead atoms. The smallest absolute Gasteiger partial charge is 0.148 e. The van der Waals surface area contributed by atoms with E-state index in [2.05, 4.69) is 11.8 Å². The van der Waals surface area contributed by atoms with Gasteiger partial charge in [-0.2, -0.15) is 0 Å². The van der Waals surface area contributed by atoms with E-state index in [1.165, 1.54) is 0 Å². The maximum absolute atomic E-state index is 12.6. The van der Waals surface area contributed by atoms with Gasteiger partial charge in [0.2, 0.25) is 0 Å². The first-order valence-corrected chi connectivity index (χ1v) is 13.2. The molecule has 8 heteroatoms. The highest BCUT2D eigenvalue weighted by molar-refractivity contribution is 5.42. The van der Waals surface area contributed by atoms with Crippen molar-refractivity contribution in [2.75, 3.05) is 54.9 Å². The summed E-state index contributed by atoms with van der Waals surface area (Å²) >= 11 is 0. The molecule has 7 rings (SSSR count). The summed E-state index contributed by atoms with van der Waals surface area (Å²) in [7, 11) is 7.32. The average molecular weight is 480 g/mol. The van der Waals surface area contributed by atoms with Gasteiger partial charge >= 0.3 is 0 Å². The van der Waals surface area contributed by atoms with Crippen LogP contribution in [-0.2, 0) is 28.4 Å². The SMILES string of the molecule is CCN1C[C@]2(COC)CC[C@H](OC)[C@]34C5C[C@@H]6[C@@H](OC)C[C@@]7(OCO[C@]7(C13)[C@H](O)C24)C5[C@H]6OC. The Morgan fingerprint density at radius 3 is 2.59 bits per heavy atom. The lowest BCUT2D eigenvalue weighted by Gasteiger charge is -2.70. The Bertz CT molecular complexity index is 859. The van der Waals surface area contributed by atoms with Crippen LogP contribution in [-0.4, -0.2) is 107 Å². The molecule has 2 saturated heterocycles. The normalized spacial score (nSPS) is 61.1. The maximum Gasteiger partial charge on any atom is 0.148 e. The molecule has 0 aromatic carbocycles. The molecule has 2 aliphatic heterocycles. The quantitative estimate of drug-likeness (QED) is 0.611. The maximum atomic E-state index is 12.6. The average Bonchev–Trinajstić information content (AvgIpc) is 3.42. The Morgan fingerprint density at radius 2 is 1.91 bits per heavy atom. The standard InChI is InChI=1S/C26H41NO7/c1-6-27-11-23(12-29-2)8-7-17(31-4)25-15-9-14-16(30-3)10-24(18(15)19(14)32-5)26(22(25)27,34-13-33-24)21(28)20(23)25/h14-22,28H,6-13H2,1-5H3/t14-,15?,16+,17+,18?,19+,20?,21-,22?,23+,24-,25+,26+/m1/s1. The molecule has 2 heterocycles. The summed E-state index contributed by atoms with van der Waals surface area (Å²) in [6.45, 7) is 4.93. The summed E-state index contributed by atoms with van der Waals surface area (Å²) in [5.41, 5.74) is -1.83. The predicted octanol–water partition coefficient (Wildman–Crippen LogP) is 1.29. The van der Waals surface area contributed by atoms with Gasteiger partial charge in [-0.1, -0.05) is 6.92 Å². The number of hydrogen-bond acceptors (Lipinski definition) is 8. The third-order valence-electron chi connectivity index (χ3n) is 12.0. The van der Waals surface area contributed by atoms with E-state index >= 15 is 0 Å². The van der Waals surface area contributed by atoms with Gasteiger partial charge in [0.1, 0.15) is 18.0 Å². The first kappa shape index (κ1) is 22.8. The molecule has 13 atom stereocenters. The van der Waals surface area contributed by atoms with Crippen molar-refractivity contribution >= 4 is 0 Å². The minimum Gasteiger partial charge on any atom is -0.390 e. The Labute approximate surface area is 202 Å². The van der Waals surface area contributed by atoms with Crippen molar-refractivity contribution < 1.29 is 33.5 Å². The van der Waals surface area contributed by atoms with Gasteiger partial charge in [-0.25, -0.2) is 0 Å². The molecule has 1 N–H and O–H groups in total. The van der Waals surface area contributed by atoms with Crippen LogP contribution in [0.15, 0.2) is 0 Å². The van der Waals surface area contributed by atoms with Gasteiger partial charge in [0.15, 0.2) is 0 Å². The van der Waals surface area contributed by atoms with E-state index in [1.54, 1.807) is 7.11 Å². The molecule has 34 heavy (non-hydrogen) atoms. The highest BCUT2D eigenvalue weighted by Crippen LogP contribution is 2.82. The highest BCUT2D eigenvalue weighted by Gasteiger charge is 2.93. The monoisotopic (exact) mass is 479 g/mol. The topological polar surface area (TPSA) is 78.9 Å². The fourth-order valence-corrected chi connectivity index (χ4v) is 11.7. The Kier molecular flexibility index (Phi) is 4.81. The summed E-state index contributed by atoms with van der Waals surface area (Å²) in [5.74, 6) is 0.813. The van der Waals surface area contributed by atoms with E-state index in [0.717, 1.165) is 38.8 Å². The Morgan fingerprint density at radius 1 is 1.09 bits per heavy atom. The Hall–Kier alpha value is -0.320. The van der Waals surface area contributed by atoms with Crippen LogP contribution < -0.4 is 0 Å². The van der Waals surface area contributed by atoms with Crippen LogP contribution in [0.4, 0.5) is 0 Å². The first-order chi connectivity index (χ1) is 16.5. The Balaban J connectivity index is 1.55. The first-order valence-electron chi connectivity index (χ1n) is 13.2. The molecule has 0 aromatic heterocycles. The van der Waals surface area contributed by atoms with Crippen LogP contribution >= 0.6 is 0 Å². The molecule has 8 nitrogen and oxygen atoms in total. The lowest BCUT2D eigenvalue weighted by atomic mass is 9.42. The van der Waals surface area contributed by atoms with Crippen LogP contribution in [0.5, 0.6) is 0 Å². The molecule has 0 radical (unpaired) electrons. The number of rotatable bonds is 6. The van der Waals surface area contributed by atoms with Gasteiger partial charge in [0, 0.05) is 70.0 Å². The number of fused-ring (bicyclic) bond motifs is 1. The summed E-state index contributed by atoms with van der Waals surface area (Å²) in [4.78, 5) is 2.61. The van der Waals surface area contributed by atoms with E-state index in [-0.39, 0.29) is 53.8 Å². The van der Waals surface area contributed by atoms with Crippen LogP contribution in [0.2, 0.25) is 0 Å². The second-order valence-electron chi connectivity index (χ2n) is 12.2. The largest absolute Gasteiger partial charge is 0.390 e. The van der Waals surface area contributed by atoms with Crippen molar-refractivity contribution in [3.63, 3.8) is 0 Å². The minimum atomic E-state index is -0.825. The second-order valence-corrected chi connectivity index (χ2v) is 12.2. The van der Waals surface area contributed by atoms with Crippen molar-refractivity contribution in [2.45, 2.75) is 74.3 Å². The number of hydrogen-bond donors (Lipinski definition) is 1. The third-order valence-corrected chi connectivity index (χ3v) is 12.0. The number of likely N-dealkylation sites (N-methyl/N-ethyl adjacent to an activating group) is 1. The number of aliphatic hydroxyl groups is 1. The molecule has 7 aliphatic rings. The minimum absolute atomic E-state index is 0.0240. The van der Waals surface area contributed by atoms with Gasteiger partial charge in [-0.15, -0.1) is 0 Å². The third kappa shape index (κ3) is 2.05. The summed E-state index contributed by atoms with van der Waals surface area (Å²) in [5, 5.41) is 12.6. The van der Waals surface area contributed by atoms with Crippen molar-refractivity contribution in [3.05, 3.63) is 0 Å². The van der Waals surface area contributed by atoms with E-state index in [9.17, 15) is 5.11 Å². The number of piperidine rings is 1. The second kappa shape index (κ2) is 7.16. The van der Waals surface area contributed by atoms with Gasteiger partial charge in [-0.05, 0) is 31.7 Å². The highest BCUT2D eigenvalue weighted by atomic mass is 16.7. The fraction of sp³-hybridized carbons (Fsp3) is 1.00. The lowest BCUT2D eigenvalue weighted by Crippen LogP contribution is -2.81. The zero-order valence-corrected chi connectivity index (χ0v) is 21.2. The van der Waals surface area contributed by atoms with Gasteiger partial charge in [0.25, 0.3) is 0 Å². The van der Waals surface area contributed by atoms with E-state index < -0.39 is 17.3 Å². The fourth-order valence-electron chi connectivity index (χ4n) is 11.7. The van der Waals surface area contributed by atoms with Gasteiger partial charge in [-0.3, -0.25) is 4.90 Å². The van der Waals surface area contributed by atoms with E-state index in [1.807, 2.05) is 21.3 Å². The number of aliphatic hydroxyl groups excluding tert-OH is 1. The molecular weight excluding hydrogens is 438 g/mol. The van der Waals surface area contributed by atoms with Crippen LogP contribution in [0.1, 0.15) is 32.6 Å². The molecule has 192 valence electrons. The zero-order valence-electron chi connectivity index (χ0n) is 21.2. The van der Waals surface area contributed by atoms with Crippen LogP contribution in [0.25, 0.3) is 0 Å². The number of nitrogens with zero attached hydrogens (tertiary/aromatic N) is 1. The van der Waals surface area contributed by atoms with E-state index in [4.69, 9.17) is 28.4 Å². The van der Waals surface area contributed by atoms with E-state index in [0.29, 0.717) is 18.4 Å². The molecule has 5 aliphatic carbocycles. The molecule has 0 amide bonds. The number of ether oxygens (including phenoxy) is 6. The zero-order chi connectivity index (χ0) is 23.7. The van der Waals surface area contributed by atoms with Crippen molar-refractivity contribution in [1.82, 2.24) is 4.90 Å². The van der Waals surface area contributed by atoms with Crippen molar-refractivity contribution in [2.24, 2.45) is 34.5 Å². The number of likely N-dealkylation sites (tertiary alicyclic amines) is 1. The van der Waals surface area contributed by atoms with Crippen molar-refractivity contribution in [3.8, 4) is 0 Å². The van der Waals surface area contributed by atoms with Crippen molar-refractivity contribution in [1.29, 1.82) is 0 Å². The summed E-state index contributed by atoms with van der Waals surface area (Å²) in [6.07, 6.45) is 3.20. The molecule has 4 unspecified atom stereocenters.